The number of rotatable bonds is 2. The second-order valence-corrected chi connectivity index (χ2v) is 4.33. The maximum Gasteiger partial charge on any atom is 0.358 e. The van der Waals surface area contributed by atoms with Crippen molar-refractivity contribution in [1.29, 1.82) is 0 Å². The Bertz CT molecular complexity index is 634. The normalized spacial score (nSPS) is 10.3. The van der Waals surface area contributed by atoms with Crippen LogP contribution in [0.3, 0.4) is 0 Å². The largest absolute Gasteiger partial charge is 0.476 e. The van der Waals surface area contributed by atoms with E-state index in [0.717, 1.165) is 0 Å². The lowest BCUT2D eigenvalue weighted by atomic mass is 10.1. The van der Waals surface area contributed by atoms with Gasteiger partial charge in [0, 0.05) is 10.0 Å². The quantitative estimate of drug-likeness (QED) is 0.888. The van der Waals surface area contributed by atoms with Crippen LogP contribution >= 0.6 is 15.9 Å². The Morgan fingerprint density at radius 2 is 2.17 bits per heavy atom. The average Bonchev–Trinajstić information content (AvgIpc) is 2.33. The van der Waals surface area contributed by atoms with Crippen molar-refractivity contribution in [2.24, 2.45) is 0 Å². The summed E-state index contributed by atoms with van der Waals surface area (Å²) in [4.78, 5) is 18.4. The van der Waals surface area contributed by atoms with Crippen LogP contribution in [-0.4, -0.2) is 21.0 Å². The molecule has 92 valence electrons. The predicted molar refractivity (Wildman–Crippen MR) is 66.5 cm³/mol. The number of benzene rings is 1. The zero-order valence-corrected chi connectivity index (χ0v) is 10.5. The van der Waals surface area contributed by atoms with E-state index in [9.17, 15) is 9.18 Å². The fourth-order valence-electron chi connectivity index (χ4n) is 1.38. The molecule has 0 aliphatic rings. The van der Waals surface area contributed by atoms with Gasteiger partial charge in [0.15, 0.2) is 11.5 Å². The summed E-state index contributed by atoms with van der Waals surface area (Å²) in [5.41, 5.74) is 5.25. The molecule has 0 unspecified atom stereocenters. The number of carboxylic acid groups (broad SMARTS) is 1. The van der Waals surface area contributed by atoms with E-state index < -0.39 is 17.5 Å². The molecule has 7 heteroatoms. The van der Waals surface area contributed by atoms with Crippen molar-refractivity contribution in [2.75, 3.05) is 5.73 Å². The topological polar surface area (TPSA) is 89.1 Å². The third kappa shape index (κ3) is 2.30. The number of aromatic nitrogens is 2. The number of carbonyl (C=O) groups is 1. The Morgan fingerprint density at radius 1 is 1.44 bits per heavy atom. The minimum absolute atomic E-state index is 0.111. The molecule has 2 rings (SSSR count). The molecule has 0 aliphatic heterocycles. The average molecular weight is 312 g/mol. The van der Waals surface area contributed by atoms with E-state index in [0.29, 0.717) is 4.47 Å². The van der Waals surface area contributed by atoms with Crippen LogP contribution in [-0.2, 0) is 0 Å². The van der Waals surface area contributed by atoms with Crippen LogP contribution in [0.25, 0.3) is 11.3 Å². The van der Waals surface area contributed by atoms with Crippen molar-refractivity contribution < 1.29 is 14.3 Å². The number of aromatic carboxylic acids is 1. The van der Waals surface area contributed by atoms with Crippen LogP contribution in [0, 0.1) is 5.82 Å². The highest BCUT2D eigenvalue weighted by Crippen LogP contribution is 2.25. The van der Waals surface area contributed by atoms with Crippen molar-refractivity contribution in [3.63, 3.8) is 0 Å². The number of nitrogens with two attached hydrogens (primary N) is 1. The molecule has 1 heterocycles. The summed E-state index contributed by atoms with van der Waals surface area (Å²) in [6.07, 6.45) is 1.23. The van der Waals surface area contributed by atoms with Gasteiger partial charge in [-0.05, 0) is 18.2 Å². The number of halogens is 2. The maximum absolute atomic E-state index is 13.6. The molecule has 3 N–H and O–H groups in total. The summed E-state index contributed by atoms with van der Waals surface area (Å²) in [7, 11) is 0. The molecule has 0 amide bonds. The molecule has 0 saturated carbocycles. The van der Waals surface area contributed by atoms with Crippen LogP contribution in [0.2, 0.25) is 0 Å². The van der Waals surface area contributed by atoms with Gasteiger partial charge < -0.3 is 10.8 Å². The Kier molecular flexibility index (Phi) is 3.24. The molecular weight excluding hydrogens is 305 g/mol. The van der Waals surface area contributed by atoms with Gasteiger partial charge in [-0.3, -0.25) is 0 Å². The fourth-order valence-corrected chi connectivity index (χ4v) is 1.74. The van der Waals surface area contributed by atoms with Crippen molar-refractivity contribution in [3.05, 3.63) is 40.4 Å². The Labute approximate surface area is 110 Å². The van der Waals surface area contributed by atoms with Crippen LogP contribution in [0.4, 0.5) is 10.2 Å². The second-order valence-electron chi connectivity index (χ2n) is 3.42. The van der Waals surface area contributed by atoms with E-state index in [1.54, 1.807) is 0 Å². The lowest BCUT2D eigenvalue weighted by molar-refractivity contribution is 0.0691. The summed E-state index contributed by atoms with van der Waals surface area (Å²) in [5, 5.41) is 8.88. The zero-order valence-electron chi connectivity index (χ0n) is 8.89. The molecule has 1 aromatic heterocycles. The number of hydrogen-bond acceptors (Lipinski definition) is 4. The third-order valence-corrected chi connectivity index (χ3v) is 2.70. The molecule has 0 fully saturated rings. The van der Waals surface area contributed by atoms with E-state index in [1.165, 1.54) is 24.4 Å². The van der Waals surface area contributed by atoms with Gasteiger partial charge in [-0.15, -0.1) is 0 Å². The Morgan fingerprint density at radius 3 is 2.83 bits per heavy atom. The summed E-state index contributed by atoms with van der Waals surface area (Å²) in [6, 6.07) is 4.26. The third-order valence-electron chi connectivity index (χ3n) is 2.21. The van der Waals surface area contributed by atoms with E-state index in [4.69, 9.17) is 10.8 Å². The maximum atomic E-state index is 13.6. The van der Waals surface area contributed by atoms with E-state index in [-0.39, 0.29) is 17.1 Å². The van der Waals surface area contributed by atoms with Gasteiger partial charge in [-0.25, -0.2) is 19.2 Å². The first kappa shape index (κ1) is 12.4. The number of hydrogen-bond donors (Lipinski definition) is 2. The molecule has 0 saturated heterocycles. The molecule has 5 nitrogen and oxygen atoms in total. The molecule has 0 radical (unpaired) electrons. The summed E-state index contributed by atoms with van der Waals surface area (Å²) in [6.45, 7) is 0. The van der Waals surface area contributed by atoms with Crippen molar-refractivity contribution in [2.45, 2.75) is 0 Å². The van der Waals surface area contributed by atoms with Gasteiger partial charge in [0.2, 0.25) is 0 Å². The van der Waals surface area contributed by atoms with Crippen LogP contribution < -0.4 is 5.73 Å². The SMILES string of the molecule is Nc1ncc(-c2cc(Br)ccc2F)nc1C(=O)O. The summed E-state index contributed by atoms with van der Waals surface area (Å²) in [5.74, 6) is -2.03. The first-order chi connectivity index (χ1) is 8.49. The number of nitrogen functional groups attached to an aromatic ring is 1. The molecule has 0 aliphatic carbocycles. The number of nitrogens with zero attached hydrogens (tertiary/aromatic N) is 2. The molecule has 18 heavy (non-hydrogen) atoms. The van der Waals surface area contributed by atoms with Gasteiger partial charge in [0.25, 0.3) is 0 Å². The monoisotopic (exact) mass is 311 g/mol. The standard InChI is InChI=1S/C11H7BrFN3O2/c12-5-1-2-7(13)6(3-5)8-4-15-10(14)9(16-8)11(17)18/h1-4H,(H2,14,15)(H,17,18). The Balaban J connectivity index is 2.61. The van der Waals surface area contributed by atoms with E-state index in [2.05, 4.69) is 25.9 Å². The highest BCUT2D eigenvalue weighted by atomic mass is 79.9. The smallest absolute Gasteiger partial charge is 0.358 e. The summed E-state index contributed by atoms with van der Waals surface area (Å²) >= 11 is 3.20. The summed E-state index contributed by atoms with van der Waals surface area (Å²) < 4.78 is 14.3. The highest BCUT2D eigenvalue weighted by molar-refractivity contribution is 9.10. The lowest BCUT2D eigenvalue weighted by Gasteiger charge is -2.05. The fraction of sp³-hybridized carbons (Fsp3) is 0. The van der Waals surface area contributed by atoms with Crippen LogP contribution in [0.1, 0.15) is 10.5 Å². The minimum Gasteiger partial charge on any atom is -0.476 e. The first-order valence-electron chi connectivity index (χ1n) is 4.80. The molecule has 1 aromatic carbocycles. The van der Waals surface area contributed by atoms with Gasteiger partial charge >= 0.3 is 5.97 Å². The highest BCUT2D eigenvalue weighted by Gasteiger charge is 2.15. The Hall–Kier alpha value is -2.02. The number of anilines is 1. The molecule has 0 bridgehead atoms. The molecule has 0 atom stereocenters. The van der Waals surface area contributed by atoms with Crippen molar-refractivity contribution in [3.8, 4) is 11.3 Å². The first-order valence-corrected chi connectivity index (χ1v) is 5.59. The molecule has 2 aromatic rings. The van der Waals surface area contributed by atoms with Gasteiger partial charge in [0.1, 0.15) is 5.82 Å². The van der Waals surface area contributed by atoms with Crippen molar-refractivity contribution >= 4 is 27.7 Å². The number of carboxylic acids is 1. The molecular formula is C11H7BrFN3O2. The molecule has 0 spiro atoms. The van der Waals surface area contributed by atoms with E-state index >= 15 is 0 Å². The minimum atomic E-state index is -1.31. The predicted octanol–water partition coefficient (Wildman–Crippen LogP) is 2.33. The second kappa shape index (κ2) is 4.69. The van der Waals surface area contributed by atoms with Gasteiger partial charge in [-0.1, -0.05) is 15.9 Å². The van der Waals surface area contributed by atoms with Gasteiger partial charge in [0.05, 0.1) is 11.9 Å². The van der Waals surface area contributed by atoms with Crippen molar-refractivity contribution in [1.82, 2.24) is 9.97 Å². The van der Waals surface area contributed by atoms with Crippen LogP contribution in [0.5, 0.6) is 0 Å². The van der Waals surface area contributed by atoms with Gasteiger partial charge in [-0.2, -0.15) is 0 Å². The van der Waals surface area contributed by atoms with Crippen LogP contribution in [0.15, 0.2) is 28.9 Å². The lowest BCUT2D eigenvalue weighted by Crippen LogP contribution is -2.08. The zero-order chi connectivity index (χ0) is 13.3. The van der Waals surface area contributed by atoms with E-state index in [1.807, 2.05) is 0 Å².